The standard InChI is InChI=1S/C15H24N4O3/c1-18-13(7-8-16-18)12(11-22-2)17-14(20)15(21)19-9-5-3-4-6-10-19/h7-8,12H,3-6,9-11H2,1-2H3,(H,17,20)/t12-/m0/s1. The van der Waals surface area contributed by atoms with Gasteiger partial charge in [-0.05, 0) is 18.9 Å². The van der Waals surface area contributed by atoms with Crippen LogP contribution >= 0.6 is 0 Å². The number of rotatable bonds is 4. The van der Waals surface area contributed by atoms with Gasteiger partial charge in [0.15, 0.2) is 0 Å². The lowest BCUT2D eigenvalue weighted by atomic mass is 10.2. The van der Waals surface area contributed by atoms with Crippen LogP contribution in [-0.2, 0) is 21.4 Å². The van der Waals surface area contributed by atoms with Gasteiger partial charge in [0.05, 0.1) is 18.3 Å². The van der Waals surface area contributed by atoms with Crippen molar-refractivity contribution in [1.82, 2.24) is 20.0 Å². The van der Waals surface area contributed by atoms with E-state index in [9.17, 15) is 9.59 Å². The van der Waals surface area contributed by atoms with Gasteiger partial charge in [-0.1, -0.05) is 12.8 Å². The summed E-state index contributed by atoms with van der Waals surface area (Å²) >= 11 is 0. The van der Waals surface area contributed by atoms with Crippen LogP contribution in [-0.4, -0.2) is 53.3 Å². The van der Waals surface area contributed by atoms with Crippen LogP contribution in [0.1, 0.15) is 37.4 Å². The van der Waals surface area contributed by atoms with Gasteiger partial charge in [-0.15, -0.1) is 0 Å². The molecule has 0 unspecified atom stereocenters. The molecule has 0 aromatic carbocycles. The molecular formula is C15H24N4O3. The zero-order chi connectivity index (χ0) is 15.9. The van der Waals surface area contributed by atoms with Crippen LogP contribution in [0.4, 0.5) is 0 Å². The second kappa shape index (κ2) is 7.93. The largest absolute Gasteiger partial charge is 0.382 e. The zero-order valence-electron chi connectivity index (χ0n) is 13.2. The maximum atomic E-state index is 12.3. The van der Waals surface area contributed by atoms with Gasteiger partial charge in [-0.3, -0.25) is 14.3 Å². The smallest absolute Gasteiger partial charge is 0.311 e. The third-order valence-corrected chi connectivity index (χ3v) is 3.94. The summed E-state index contributed by atoms with van der Waals surface area (Å²) in [4.78, 5) is 26.2. The fourth-order valence-corrected chi connectivity index (χ4v) is 2.73. The normalized spacial score (nSPS) is 16.9. The molecule has 1 aliphatic rings. The molecule has 1 N–H and O–H groups in total. The van der Waals surface area contributed by atoms with Crippen molar-refractivity contribution in [3.05, 3.63) is 18.0 Å². The minimum Gasteiger partial charge on any atom is -0.382 e. The molecular weight excluding hydrogens is 284 g/mol. The molecule has 2 heterocycles. The first-order valence-corrected chi connectivity index (χ1v) is 7.70. The maximum Gasteiger partial charge on any atom is 0.311 e. The molecule has 22 heavy (non-hydrogen) atoms. The SMILES string of the molecule is COC[C@H](NC(=O)C(=O)N1CCCCCC1)c1ccnn1C. The molecule has 122 valence electrons. The average molecular weight is 308 g/mol. The van der Waals surface area contributed by atoms with E-state index in [-0.39, 0.29) is 6.04 Å². The van der Waals surface area contributed by atoms with Crippen LogP contribution in [0.25, 0.3) is 0 Å². The molecule has 1 aliphatic heterocycles. The lowest BCUT2D eigenvalue weighted by Crippen LogP contribution is -2.45. The summed E-state index contributed by atoms with van der Waals surface area (Å²) < 4.78 is 6.82. The number of aryl methyl sites for hydroxylation is 1. The Balaban J connectivity index is 2.01. The summed E-state index contributed by atoms with van der Waals surface area (Å²) in [6, 6.07) is 1.42. The molecule has 0 radical (unpaired) electrons. The summed E-state index contributed by atoms with van der Waals surface area (Å²) in [5.74, 6) is -1.03. The molecule has 2 amide bonds. The van der Waals surface area contributed by atoms with E-state index < -0.39 is 11.8 Å². The highest BCUT2D eigenvalue weighted by Crippen LogP contribution is 2.13. The third kappa shape index (κ3) is 4.07. The lowest BCUT2D eigenvalue weighted by Gasteiger charge is -2.22. The quantitative estimate of drug-likeness (QED) is 0.828. The van der Waals surface area contributed by atoms with Crippen molar-refractivity contribution in [2.45, 2.75) is 31.7 Å². The molecule has 1 atom stereocenters. The van der Waals surface area contributed by atoms with E-state index in [1.165, 1.54) is 0 Å². The summed E-state index contributed by atoms with van der Waals surface area (Å²) in [7, 11) is 3.35. The summed E-state index contributed by atoms with van der Waals surface area (Å²) in [5.41, 5.74) is 0.805. The Kier molecular flexibility index (Phi) is 5.94. The molecule has 1 saturated heterocycles. The van der Waals surface area contributed by atoms with E-state index in [1.54, 1.807) is 36.0 Å². The van der Waals surface area contributed by atoms with Crippen molar-refractivity contribution in [3.8, 4) is 0 Å². The minimum atomic E-state index is -0.579. The summed E-state index contributed by atoms with van der Waals surface area (Å²) in [6.07, 6.45) is 5.81. The van der Waals surface area contributed by atoms with Crippen molar-refractivity contribution in [1.29, 1.82) is 0 Å². The average Bonchev–Trinajstić information content (AvgIpc) is 2.77. The Morgan fingerprint density at radius 3 is 2.55 bits per heavy atom. The van der Waals surface area contributed by atoms with Crippen molar-refractivity contribution < 1.29 is 14.3 Å². The highest BCUT2D eigenvalue weighted by atomic mass is 16.5. The molecule has 0 bridgehead atoms. The Hall–Kier alpha value is -1.89. The molecule has 7 heteroatoms. The number of carbonyl (C=O) groups is 2. The molecule has 1 fully saturated rings. The topological polar surface area (TPSA) is 76.5 Å². The Morgan fingerprint density at radius 1 is 1.32 bits per heavy atom. The van der Waals surface area contributed by atoms with E-state index in [0.717, 1.165) is 31.4 Å². The van der Waals surface area contributed by atoms with Gasteiger partial charge in [0.2, 0.25) is 0 Å². The van der Waals surface area contributed by atoms with Gasteiger partial charge in [0.25, 0.3) is 0 Å². The molecule has 7 nitrogen and oxygen atoms in total. The molecule has 0 spiro atoms. The van der Waals surface area contributed by atoms with Crippen LogP contribution in [0.5, 0.6) is 0 Å². The maximum absolute atomic E-state index is 12.3. The number of carbonyl (C=O) groups excluding carboxylic acids is 2. The minimum absolute atomic E-state index is 0.290. The van der Waals surface area contributed by atoms with E-state index in [0.29, 0.717) is 19.7 Å². The number of ether oxygens (including phenoxy) is 1. The van der Waals surface area contributed by atoms with Crippen molar-refractivity contribution in [2.75, 3.05) is 26.8 Å². The summed E-state index contributed by atoms with van der Waals surface area (Å²) in [5, 5.41) is 6.85. The molecule has 1 aromatic rings. The van der Waals surface area contributed by atoms with E-state index in [4.69, 9.17) is 4.74 Å². The molecule has 0 aliphatic carbocycles. The first kappa shape index (κ1) is 16.5. The van der Waals surface area contributed by atoms with Crippen LogP contribution in [0.3, 0.4) is 0 Å². The third-order valence-electron chi connectivity index (χ3n) is 3.94. The number of nitrogens with one attached hydrogen (secondary N) is 1. The monoisotopic (exact) mass is 308 g/mol. The number of amides is 2. The van der Waals surface area contributed by atoms with E-state index >= 15 is 0 Å². The Morgan fingerprint density at radius 2 is 2.00 bits per heavy atom. The lowest BCUT2D eigenvalue weighted by molar-refractivity contribution is -0.146. The number of hydrogen-bond acceptors (Lipinski definition) is 4. The van der Waals surface area contributed by atoms with Gasteiger partial charge in [-0.25, -0.2) is 0 Å². The Labute approximate surface area is 130 Å². The van der Waals surface area contributed by atoms with Gasteiger partial charge < -0.3 is 15.0 Å². The van der Waals surface area contributed by atoms with Gasteiger partial charge in [-0.2, -0.15) is 5.10 Å². The molecule has 0 saturated carbocycles. The van der Waals surface area contributed by atoms with Crippen LogP contribution < -0.4 is 5.32 Å². The van der Waals surface area contributed by atoms with Crippen LogP contribution in [0.15, 0.2) is 12.3 Å². The van der Waals surface area contributed by atoms with Gasteiger partial charge >= 0.3 is 11.8 Å². The number of nitrogens with zero attached hydrogens (tertiary/aromatic N) is 3. The number of likely N-dealkylation sites (tertiary alicyclic amines) is 1. The second-order valence-electron chi connectivity index (χ2n) is 5.57. The fraction of sp³-hybridized carbons (Fsp3) is 0.667. The number of methoxy groups -OCH3 is 1. The second-order valence-corrected chi connectivity index (χ2v) is 5.57. The van der Waals surface area contributed by atoms with Gasteiger partial charge in [0.1, 0.15) is 0 Å². The predicted molar refractivity (Wildman–Crippen MR) is 81.0 cm³/mol. The summed E-state index contributed by atoms with van der Waals surface area (Å²) in [6.45, 7) is 1.61. The molecule has 2 rings (SSSR count). The predicted octanol–water partition coefficient (Wildman–Crippen LogP) is 0.626. The molecule has 1 aromatic heterocycles. The Bertz CT molecular complexity index is 507. The number of hydrogen-bond donors (Lipinski definition) is 1. The highest BCUT2D eigenvalue weighted by molar-refractivity contribution is 6.35. The van der Waals surface area contributed by atoms with Gasteiger partial charge in [0, 0.05) is 33.4 Å². The highest BCUT2D eigenvalue weighted by Gasteiger charge is 2.26. The van der Waals surface area contributed by atoms with Crippen molar-refractivity contribution in [3.63, 3.8) is 0 Å². The zero-order valence-corrected chi connectivity index (χ0v) is 13.2. The van der Waals surface area contributed by atoms with Crippen LogP contribution in [0, 0.1) is 0 Å². The van der Waals surface area contributed by atoms with Crippen LogP contribution in [0.2, 0.25) is 0 Å². The number of aromatic nitrogens is 2. The fourth-order valence-electron chi connectivity index (χ4n) is 2.73. The van der Waals surface area contributed by atoms with E-state index in [1.807, 2.05) is 0 Å². The first-order chi connectivity index (χ1) is 10.6. The van der Waals surface area contributed by atoms with Crippen molar-refractivity contribution >= 4 is 11.8 Å². The first-order valence-electron chi connectivity index (χ1n) is 7.70. The van der Waals surface area contributed by atoms with Crippen molar-refractivity contribution in [2.24, 2.45) is 7.05 Å². The van der Waals surface area contributed by atoms with E-state index in [2.05, 4.69) is 10.4 Å².